The molecule has 0 saturated carbocycles. The summed E-state index contributed by atoms with van der Waals surface area (Å²) in [4.78, 5) is 6.32. The summed E-state index contributed by atoms with van der Waals surface area (Å²) < 4.78 is 28.6. The molecule has 2 atom stereocenters. The third kappa shape index (κ3) is 2.32. The summed E-state index contributed by atoms with van der Waals surface area (Å²) in [5, 5.41) is 15.2. The minimum Gasteiger partial charge on any atom is -0.391 e. The van der Waals surface area contributed by atoms with Crippen molar-refractivity contribution < 1.29 is 13.9 Å². The number of halogens is 2. The number of aliphatic hydroxyl groups excluding tert-OH is 1. The topological polar surface area (TPSA) is 54.2 Å². The SMILES string of the molecule is Cn1ncc2c(N3C[C@@H](O)C[C@H]3c3ccc(F)c(F)c3)ccnc21. The Morgan fingerprint density at radius 1 is 1.21 bits per heavy atom. The van der Waals surface area contributed by atoms with Crippen molar-refractivity contribution >= 4 is 16.7 Å². The Balaban J connectivity index is 1.81. The molecule has 1 N–H and O–H groups in total. The molecule has 4 rings (SSSR count). The van der Waals surface area contributed by atoms with Gasteiger partial charge in [0.1, 0.15) is 0 Å². The van der Waals surface area contributed by atoms with Gasteiger partial charge >= 0.3 is 0 Å². The molecule has 24 heavy (non-hydrogen) atoms. The number of β-amino-alcohol motifs (C(OH)–C–C–N with tert-alkyl or cyclic N) is 1. The predicted molar refractivity (Wildman–Crippen MR) is 85.6 cm³/mol. The lowest BCUT2D eigenvalue weighted by atomic mass is 10.0. The van der Waals surface area contributed by atoms with E-state index in [2.05, 4.69) is 10.1 Å². The molecule has 0 unspecified atom stereocenters. The number of anilines is 1. The van der Waals surface area contributed by atoms with Crippen LogP contribution in [0.3, 0.4) is 0 Å². The van der Waals surface area contributed by atoms with Crippen LogP contribution in [0.2, 0.25) is 0 Å². The van der Waals surface area contributed by atoms with Crippen LogP contribution in [0.25, 0.3) is 11.0 Å². The average molecular weight is 330 g/mol. The Morgan fingerprint density at radius 3 is 2.83 bits per heavy atom. The van der Waals surface area contributed by atoms with Gasteiger partial charge in [0.25, 0.3) is 0 Å². The van der Waals surface area contributed by atoms with Crippen molar-refractivity contribution in [2.75, 3.05) is 11.4 Å². The minimum atomic E-state index is -0.880. The average Bonchev–Trinajstić information content (AvgIpc) is 3.14. The second kappa shape index (κ2) is 5.52. The third-order valence-corrected chi connectivity index (χ3v) is 4.53. The lowest BCUT2D eigenvalue weighted by molar-refractivity contribution is 0.194. The first-order valence-electron chi connectivity index (χ1n) is 7.71. The maximum absolute atomic E-state index is 13.6. The fourth-order valence-corrected chi connectivity index (χ4v) is 3.40. The number of fused-ring (bicyclic) bond motifs is 1. The highest BCUT2D eigenvalue weighted by molar-refractivity contribution is 5.89. The second-order valence-corrected chi connectivity index (χ2v) is 6.07. The number of hydrogen-bond acceptors (Lipinski definition) is 4. The maximum Gasteiger partial charge on any atom is 0.159 e. The molecule has 3 heterocycles. The molecular weight excluding hydrogens is 314 g/mol. The van der Waals surface area contributed by atoms with Gasteiger partial charge in [0.05, 0.1) is 29.4 Å². The molecule has 1 fully saturated rings. The molecular formula is C17H16F2N4O. The molecule has 124 valence electrons. The van der Waals surface area contributed by atoms with Crippen LogP contribution in [0.5, 0.6) is 0 Å². The Bertz CT molecular complexity index is 911. The fraction of sp³-hybridized carbons (Fsp3) is 0.294. The summed E-state index contributed by atoms with van der Waals surface area (Å²) >= 11 is 0. The minimum absolute atomic E-state index is 0.235. The van der Waals surface area contributed by atoms with E-state index in [0.717, 1.165) is 22.8 Å². The number of hydrogen-bond donors (Lipinski definition) is 1. The quantitative estimate of drug-likeness (QED) is 0.785. The van der Waals surface area contributed by atoms with Crippen LogP contribution in [0.4, 0.5) is 14.5 Å². The second-order valence-electron chi connectivity index (χ2n) is 6.07. The molecule has 0 bridgehead atoms. The zero-order chi connectivity index (χ0) is 16.8. The zero-order valence-corrected chi connectivity index (χ0v) is 13.0. The van der Waals surface area contributed by atoms with E-state index in [1.165, 1.54) is 6.07 Å². The van der Waals surface area contributed by atoms with Gasteiger partial charge in [0.15, 0.2) is 17.3 Å². The van der Waals surface area contributed by atoms with Crippen molar-refractivity contribution in [1.29, 1.82) is 0 Å². The highest BCUT2D eigenvalue weighted by atomic mass is 19.2. The molecule has 0 amide bonds. The van der Waals surface area contributed by atoms with Crippen LogP contribution in [0.1, 0.15) is 18.0 Å². The van der Waals surface area contributed by atoms with E-state index in [-0.39, 0.29) is 6.04 Å². The number of rotatable bonds is 2. The van der Waals surface area contributed by atoms with Gasteiger partial charge in [-0.05, 0) is 30.2 Å². The van der Waals surface area contributed by atoms with Crippen LogP contribution in [-0.2, 0) is 7.05 Å². The molecule has 5 nitrogen and oxygen atoms in total. The smallest absolute Gasteiger partial charge is 0.159 e. The summed E-state index contributed by atoms with van der Waals surface area (Å²) in [7, 11) is 1.81. The molecule has 1 aliphatic heterocycles. The summed E-state index contributed by atoms with van der Waals surface area (Å²) in [6.07, 6.45) is 3.33. The van der Waals surface area contributed by atoms with Gasteiger partial charge in [-0.1, -0.05) is 6.07 Å². The molecule has 0 radical (unpaired) electrons. The van der Waals surface area contributed by atoms with Gasteiger partial charge in [0, 0.05) is 19.8 Å². The van der Waals surface area contributed by atoms with Crippen molar-refractivity contribution in [3.05, 3.63) is 53.9 Å². The molecule has 1 saturated heterocycles. The summed E-state index contributed by atoms with van der Waals surface area (Å²) in [5.41, 5.74) is 2.25. The van der Waals surface area contributed by atoms with Gasteiger partial charge in [-0.3, -0.25) is 4.68 Å². The van der Waals surface area contributed by atoms with Crippen LogP contribution in [-0.4, -0.2) is 32.5 Å². The Labute approximate surface area is 137 Å². The first kappa shape index (κ1) is 15.0. The number of nitrogens with zero attached hydrogens (tertiary/aromatic N) is 4. The lowest BCUT2D eigenvalue weighted by Gasteiger charge is -2.27. The van der Waals surface area contributed by atoms with Crippen molar-refractivity contribution in [1.82, 2.24) is 14.8 Å². The molecule has 2 aromatic heterocycles. The van der Waals surface area contributed by atoms with Crippen molar-refractivity contribution in [2.24, 2.45) is 7.05 Å². The normalized spacial score (nSPS) is 20.9. The van der Waals surface area contributed by atoms with Crippen molar-refractivity contribution in [2.45, 2.75) is 18.6 Å². The first-order chi connectivity index (χ1) is 11.5. The van der Waals surface area contributed by atoms with Gasteiger partial charge in [-0.15, -0.1) is 0 Å². The van der Waals surface area contributed by atoms with Crippen LogP contribution < -0.4 is 4.90 Å². The number of benzene rings is 1. The Kier molecular flexibility index (Phi) is 3.45. The molecule has 0 spiro atoms. The van der Waals surface area contributed by atoms with Crippen LogP contribution in [0, 0.1) is 11.6 Å². The number of aromatic nitrogens is 3. The monoisotopic (exact) mass is 330 g/mol. The van der Waals surface area contributed by atoms with E-state index in [4.69, 9.17) is 0 Å². The third-order valence-electron chi connectivity index (χ3n) is 4.53. The largest absolute Gasteiger partial charge is 0.391 e. The molecule has 1 aliphatic rings. The van der Waals surface area contributed by atoms with Crippen LogP contribution in [0.15, 0.2) is 36.7 Å². The van der Waals surface area contributed by atoms with E-state index in [0.29, 0.717) is 18.5 Å². The molecule has 3 aromatic rings. The highest BCUT2D eigenvalue weighted by Gasteiger charge is 2.33. The summed E-state index contributed by atoms with van der Waals surface area (Å²) in [6, 6.07) is 5.51. The summed E-state index contributed by atoms with van der Waals surface area (Å²) in [5.74, 6) is -1.75. The van der Waals surface area contributed by atoms with E-state index in [1.807, 2.05) is 18.0 Å². The van der Waals surface area contributed by atoms with Crippen molar-refractivity contribution in [3.8, 4) is 0 Å². The van der Waals surface area contributed by atoms with Crippen LogP contribution >= 0.6 is 0 Å². The summed E-state index contributed by atoms with van der Waals surface area (Å²) in [6.45, 7) is 0.414. The highest BCUT2D eigenvalue weighted by Crippen LogP contribution is 2.39. The Morgan fingerprint density at radius 2 is 2.04 bits per heavy atom. The van der Waals surface area contributed by atoms with Gasteiger partial charge in [-0.2, -0.15) is 5.10 Å². The van der Waals surface area contributed by atoms with Gasteiger partial charge < -0.3 is 10.0 Å². The zero-order valence-electron chi connectivity index (χ0n) is 13.0. The standard InChI is InChI=1S/C17H16F2N4O/c1-22-17-12(8-21-22)15(4-5-20-17)23-9-11(24)7-16(23)10-2-3-13(18)14(19)6-10/h2-6,8,11,16,24H,7,9H2,1H3/t11-,16-/m0/s1. The van der Waals surface area contributed by atoms with E-state index < -0.39 is 17.7 Å². The van der Waals surface area contributed by atoms with E-state index >= 15 is 0 Å². The van der Waals surface area contributed by atoms with E-state index in [1.54, 1.807) is 23.1 Å². The van der Waals surface area contributed by atoms with Crippen molar-refractivity contribution in [3.63, 3.8) is 0 Å². The molecule has 7 heteroatoms. The molecule has 1 aromatic carbocycles. The molecule has 0 aliphatic carbocycles. The Hall–Kier alpha value is -2.54. The maximum atomic E-state index is 13.6. The predicted octanol–water partition coefficient (Wildman–Crippen LogP) is 2.56. The lowest BCUT2D eigenvalue weighted by Crippen LogP contribution is -2.24. The van der Waals surface area contributed by atoms with Gasteiger partial charge in [0.2, 0.25) is 0 Å². The first-order valence-corrected chi connectivity index (χ1v) is 7.71. The number of aryl methyl sites for hydroxylation is 1. The van der Waals surface area contributed by atoms with Gasteiger partial charge in [-0.25, -0.2) is 13.8 Å². The van der Waals surface area contributed by atoms with E-state index in [9.17, 15) is 13.9 Å². The number of pyridine rings is 1. The number of aliphatic hydroxyl groups is 1. The fourth-order valence-electron chi connectivity index (χ4n) is 3.40.